The predicted molar refractivity (Wildman–Crippen MR) is 199 cm³/mol. The number of anilines is 1. The summed E-state index contributed by atoms with van der Waals surface area (Å²) in [5.74, 6) is -1.30. The molecule has 0 aliphatic carbocycles. The Morgan fingerprint density at radius 3 is 2.42 bits per heavy atom. The topological polar surface area (TPSA) is 191 Å². The fourth-order valence-corrected chi connectivity index (χ4v) is 6.43. The SMILES string of the molecule is CC(CO)NC(=O)c1cc(-c2ccc(Cl)cc2)nn(-c2cnn(C)c2)c1=O.Cn1ncnc1C1c2n[nH]c(=O)c3cc(F)cc(c23)NC1c1ccc(F)cc1. The number of aliphatic hydroxyl groups is 1. The zero-order chi connectivity index (χ0) is 39.0. The van der Waals surface area contributed by atoms with Crippen LogP contribution in [0.5, 0.6) is 0 Å². The highest BCUT2D eigenvalue weighted by molar-refractivity contribution is 6.30. The van der Waals surface area contributed by atoms with E-state index in [-0.39, 0.29) is 23.4 Å². The fraction of sp³-hybridized carbons (Fsp3) is 0.189. The molecule has 0 fully saturated rings. The van der Waals surface area contributed by atoms with Crippen molar-refractivity contribution in [3.63, 3.8) is 0 Å². The number of benzene rings is 3. The molecule has 3 aromatic carbocycles. The quantitative estimate of drug-likeness (QED) is 0.184. The van der Waals surface area contributed by atoms with Gasteiger partial charge in [0.25, 0.3) is 17.0 Å². The number of aromatic nitrogens is 9. The van der Waals surface area contributed by atoms with Crippen LogP contribution in [0.3, 0.4) is 0 Å². The highest BCUT2D eigenvalue weighted by atomic mass is 35.5. The van der Waals surface area contributed by atoms with Gasteiger partial charge in [0.15, 0.2) is 0 Å². The van der Waals surface area contributed by atoms with E-state index >= 15 is 0 Å². The molecule has 4 aromatic heterocycles. The number of carbonyl (C=O) groups excluding carboxylic acids is 1. The maximum Gasteiger partial charge on any atom is 0.284 e. The number of carbonyl (C=O) groups is 1. The third-order valence-electron chi connectivity index (χ3n) is 8.96. The molecule has 0 saturated carbocycles. The van der Waals surface area contributed by atoms with E-state index in [9.17, 15) is 23.2 Å². The molecule has 280 valence electrons. The van der Waals surface area contributed by atoms with E-state index in [2.05, 4.69) is 41.1 Å². The molecule has 4 N–H and O–H groups in total. The number of nitrogens with zero attached hydrogens (tertiary/aromatic N) is 8. The minimum atomic E-state index is -0.586. The van der Waals surface area contributed by atoms with Crippen molar-refractivity contribution in [3.05, 3.63) is 145 Å². The standard InChI is InChI=1S/C19H14F2N6O.C18H18ClN5O3/c1-27-18(22-8-23-27)15-16(9-2-4-10(20)5-3-9)24-13-7-11(21)6-12-14(13)17(15)25-26-19(12)28;1-11(10-25)21-17(26)15-7-16(12-3-5-13(19)6-4-12)22-24(18(15)27)14-8-20-23(2)9-14/h2-8,15-16,24H,1H3,(H,26,28);3-9,11,25H,10H2,1-2H3,(H,21,26). The van der Waals surface area contributed by atoms with Crippen LogP contribution < -0.4 is 21.8 Å². The van der Waals surface area contributed by atoms with Crippen molar-refractivity contribution in [3.8, 4) is 16.9 Å². The smallest absolute Gasteiger partial charge is 0.284 e. The van der Waals surface area contributed by atoms with E-state index in [4.69, 9.17) is 16.7 Å². The summed E-state index contributed by atoms with van der Waals surface area (Å²) in [6, 6.07) is 16.0. The van der Waals surface area contributed by atoms with Crippen molar-refractivity contribution in [1.82, 2.24) is 49.8 Å². The lowest BCUT2D eigenvalue weighted by Crippen LogP contribution is -2.39. The van der Waals surface area contributed by atoms with Gasteiger partial charge in [-0.2, -0.15) is 25.1 Å². The molecule has 3 atom stereocenters. The van der Waals surface area contributed by atoms with Gasteiger partial charge < -0.3 is 15.7 Å². The first-order chi connectivity index (χ1) is 26.4. The molecule has 1 aliphatic heterocycles. The molecule has 0 spiro atoms. The molecule has 5 heterocycles. The Kier molecular flexibility index (Phi) is 10.0. The molecule has 8 rings (SSSR count). The summed E-state index contributed by atoms with van der Waals surface area (Å²) in [6.45, 7) is 1.40. The van der Waals surface area contributed by atoms with Gasteiger partial charge in [-0.1, -0.05) is 35.9 Å². The van der Waals surface area contributed by atoms with Gasteiger partial charge >= 0.3 is 0 Å². The van der Waals surface area contributed by atoms with E-state index in [1.165, 1.54) is 47.5 Å². The van der Waals surface area contributed by atoms with E-state index in [0.29, 0.717) is 44.6 Å². The molecule has 1 aliphatic rings. The highest BCUT2D eigenvalue weighted by Crippen LogP contribution is 2.45. The summed E-state index contributed by atoms with van der Waals surface area (Å²) in [6.07, 6.45) is 4.54. The van der Waals surface area contributed by atoms with E-state index in [1.54, 1.807) is 68.3 Å². The van der Waals surface area contributed by atoms with Crippen LogP contribution in [0.2, 0.25) is 5.02 Å². The lowest BCUT2D eigenvalue weighted by Gasteiger charge is -2.33. The Balaban J connectivity index is 0.000000169. The van der Waals surface area contributed by atoms with Crippen LogP contribution in [0.4, 0.5) is 14.5 Å². The van der Waals surface area contributed by atoms with Crippen LogP contribution in [-0.2, 0) is 14.1 Å². The lowest BCUT2D eigenvalue weighted by atomic mass is 9.83. The van der Waals surface area contributed by atoms with Gasteiger partial charge in [0, 0.05) is 41.8 Å². The normalized spacial score (nSPS) is 15.2. The second kappa shape index (κ2) is 15.0. The molecule has 1 amide bonds. The molecule has 7 aromatic rings. The first kappa shape index (κ1) is 36.8. The van der Waals surface area contributed by atoms with Crippen molar-refractivity contribution < 1.29 is 18.7 Å². The summed E-state index contributed by atoms with van der Waals surface area (Å²) in [5.41, 5.74) is 2.19. The van der Waals surface area contributed by atoms with Gasteiger partial charge in [0.05, 0.1) is 47.7 Å². The highest BCUT2D eigenvalue weighted by Gasteiger charge is 2.37. The van der Waals surface area contributed by atoms with Gasteiger partial charge in [0.1, 0.15) is 35.0 Å². The van der Waals surface area contributed by atoms with Gasteiger partial charge in [0.2, 0.25) is 0 Å². The first-order valence-electron chi connectivity index (χ1n) is 16.8. The van der Waals surface area contributed by atoms with Crippen molar-refractivity contribution in [2.45, 2.75) is 24.9 Å². The minimum absolute atomic E-state index is 0.0842. The number of aryl methyl sites for hydroxylation is 2. The molecule has 0 radical (unpaired) electrons. The summed E-state index contributed by atoms with van der Waals surface area (Å²) in [5, 5.41) is 35.7. The number of aliphatic hydroxyl groups excluding tert-OH is 1. The summed E-state index contributed by atoms with van der Waals surface area (Å²) in [4.78, 5) is 42.0. The number of rotatable bonds is 7. The van der Waals surface area contributed by atoms with Crippen LogP contribution in [0.15, 0.2) is 95.0 Å². The largest absolute Gasteiger partial charge is 0.394 e. The molecular weight excluding hydrogens is 736 g/mol. The van der Waals surface area contributed by atoms with E-state index in [1.807, 2.05) is 0 Å². The Morgan fingerprint density at radius 1 is 1.02 bits per heavy atom. The number of halogens is 3. The number of hydrogen-bond donors (Lipinski definition) is 4. The van der Waals surface area contributed by atoms with Crippen LogP contribution in [0.1, 0.15) is 46.3 Å². The average Bonchev–Trinajstić information content (AvgIpc) is 3.80. The Hall–Kier alpha value is -6.59. The second-order valence-electron chi connectivity index (χ2n) is 12.8. The van der Waals surface area contributed by atoms with Gasteiger partial charge in [-0.15, -0.1) is 0 Å². The van der Waals surface area contributed by atoms with Crippen molar-refractivity contribution >= 4 is 34.0 Å². The number of amides is 1. The predicted octanol–water partition coefficient (Wildman–Crippen LogP) is 4.03. The van der Waals surface area contributed by atoms with Gasteiger partial charge in [-0.25, -0.2) is 18.9 Å². The van der Waals surface area contributed by atoms with Gasteiger partial charge in [-0.3, -0.25) is 23.7 Å². The minimum Gasteiger partial charge on any atom is -0.394 e. The molecule has 15 nitrogen and oxygen atoms in total. The van der Waals surface area contributed by atoms with Gasteiger partial charge in [-0.05, 0) is 55.0 Å². The number of hydrogen-bond acceptors (Lipinski definition) is 10. The lowest BCUT2D eigenvalue weighted by molar-refractivity contribution is 0.0920. The molecule has 55 heavy (non-hydrogen) atoms. The maximum atomic E-state index is 14.1. The molecule has 3 unspecified atom stereocenters. The van der Waals surface area contributed by atoms with Crippen molar-refractivity contribution in [2.75, 3.05) is 11.9 Å². The zero-order valence-electron chi connectivity index (χ0n) is 29.4. The first-order valence-corrected chi connectivity index (χ1v) is 17.2. The van der Waals surface area contributed by atoms with Crippen molar-refractivity contribution in [1.29, 1.82) is 0 Å². The third-order valence-corrected chi connectivity index (χ3v) is 9.21. The van der Waals surface area contributed by atoms with Crippen LogP contribution >= 0.6 is 11.6 Å². The van der Waals surface area contributed by atoms with Crippen molar-refractivity contribution in [2.24, 2.45) is 14.1 Å². The monoisotopic (exact) mass is 767 g/mol. The fourth-order valence-electron chi connectivity index (χ4n) is 6.30. The molecule has 0 bridgehead atoms. The average molecular weight is 768 g/mol. The summed E-state index contributed by atoms with van der Waals surface area (Å²) >= 11 is 5.93. The summed E-state index contributed by atoms with van der Waals surface area (Å²) < 4.78 is 31.9. The third kappa shape index (κ3) is 7.34. The number of aromatic amines is 1. The zero-order valence-corrected chi connectivity index (χ0v) is 30.2. The Labute approximate surface area is 315 Å². The van der Waals surface area contributed by atoms with Crippen LogP contribution in [0.25, 0.3) is 27.7 Å². The van der Waals surface area contributed by atoms with Crippen LogP contribution in [0, 0.1) is 11.6 Å². The molecule has 0 saturated heterocycles. The van der Waals surface area contributed by atoms with Crippen LogP contribution in [-0.4, -0.2) is 68.2 Å². The number of nitrogens with one attached hydrogen (secondary N) is 3. The number of H-pyrrole nitrogens is 1. The van der Waals surface area contributed by atoms with E-state index in [0.717, 1.165) is 10.2 Å². The maximum absolute atomic E-state index is 14.1. The summed E-state index contributed by atoms with van der Waals surface area (Å²) in [7, 11) is 3.47. The molecular formula is C37H32ClF2N11O4. The Bertz CT molecular complexity index is 2660. The Morgan fingerprint density at radius 2 is 1.76 bits per heavy atom. The second-order valence-corrected chi connectivity index (χ2v) is 13.2. The molecule has 18 heteroatoms. The van der Waals surface area contributed by atoms with E-state index < -0.39 is 40.8 Å².